The summed E-state index contributed by atoms with van der Waals surface area (Å²) in [7, 11) is 0. The zero-order chi connectivity index (χ0) is 4.99. The highest BCUT2D eigenvalue weighted by atomic mass is 14.3. The van der Waals surface area contributed by atoms with Crippen LogP contribution >= 0.6 is 0 Å². The van der Waals surface area contributed by atoms with Gasteiger partial charge in [-0.2, -0.15) is 10.5 Å². The predicted molar refractivity (Wildman–Crippen MR) is 15.8 cm³/mol. The standard InChI is InChI=1S/C3H2N2/c4-2-1-3-5/h1H2/i1D. The van der Waals surface area contributed by atoms with E-state index >= 15 is 0 Å². The van der Waals surface area contributed by atoms with Gasteiger partial charge in [0, 0.05) is 0 Å². The van der Waals surface area contributed by atoms with Crippen LogP contribution in [-0.2, 0) is 0 Å². The van der Waals surface area contributed by atoms with E-state index in [-0.39, 0.29) is 0 Å². The highest BCUT2D eigenvalue weighted by Crippen LogP contribution is 1.59. The quantitative estimate of drug-likeness (QED) is 0.412. The fraction of sp³-hybridized carbons (Fsp3) is 0.333. The van der Waals surface area contributed by atoms with Gasteiger partial charge in [0.25, 0.3) is 0 Å². The lowest BCUT2D eigenvalue weighted by Crippen LogP contribution is -1.47. The minimum Gasteiger partial charge on any atom is -0.197 e. The van der Waals surface area contributed by atoms with Gasteiger partial charge in [-0.3, -0.25) is 0 Å². The van der Waals surface area contributed by atoms with Gasteiger partial charge < -0.3 is 0 Å². The van der Waals surface area contributed by atoms with Crippen molar-refractivity contribution in [3.05, 3.63) is 0 Å². The molecule has 0 aromatic carbocycles. The molecule has 0 bridgehead atoms. The normalized spacial score (nSPS) is 8.20. The average molecular weight is 67.1 g/mol. The maximum Gasteiger partial charge on any atom is 0.122 e. The topological polar surface area (TPSA) is 47.6 Å². The molecule has 0 N–H and O–H groups in total. The summed E-state index contributed by atoms with van der Waals surface area (Å²) in [6.07, 6.45) is -1.20. The molecule has 5 heavy (non-hydrogen) atoms. The van der Waals surface area contributed by atoms with Crippen molar-refractivity contribution < 1.29 is 1.37 Å². The maximum atomic E-state index is 7.67. The fourth-order valence-corrected chi connectivity index (χ4v) is 0.0289. The first kappa shape index (κ1) is 2.23. The van der Waals surface area contributed by atoms with Crippen LogP contribution in [0.2, 0.25) is 0 Å². The minimum absolute atomic E-state index is 1.20. The van der Waals surface area contributed by atoms with Crippen molar-refractivity contribution in [2.75, 3.05) is 0 Å². The van der Waals surface area contributed by atoms with Crippen LogP contribution in [0.4, 0.5) is 0 Å². The van der Waals surface area contributed by atoms with Crippen molar-refractivity contribution in [1.29, 1.82) is 10.5 Å². The van der Waals surface area contributed by atoms with Crippen LogP contribution < -0.4 is 0 Å². The van der Waals surface area contributed by atoms with Crippen molar-refractivity contribution in [1.82, 2.24) is 0 Å². The molecule has 0 fully saturated rings. The largest absolute Gasteiger partial charge is 0.197 e. The average Bonchev–Trinajstić information content (AvgIpc) is 1.65. The van der Waals surface area contributed by atoms with E-state index in [2.05, 4.69) is 0 Å². The minimum atomic E-state index is -1.20. The van der Waals surface area contributed by atoms with E-state index in [1.807, 2.05) is 0 Å². The lowest BCUT2D eigenvalue weighted by molar-refractivity contribution is 1.33. The molecule has 0 saturated heterocycles. The maximum absolute atomic E-state index is 7.67. The molecular weight excluding hydrogens is 64.0 g/mol. The zero-order valence-electron chi connectivity index (χ0n) is 3.47. The molecule has 0 unspecified atom stereocenters. The summed E-state index contributed by atoms with van der Waals surface area (Å²) in [5.41, 5.74) is 0. The predicted octanol–water partition coefficient (Wildman–Crippen LogP) is 0.424. The zero-order valence-corrected chi connectivity index (χ0v) is 2.47. The van der Waals surface area contributed by atoms with E-state index in [0.717, 1.165) is 0 Å². The van der Waals surface area contributed by atoms with Gasteiger partial charge in [0.15, 0.2) is 0 Å². The van der Waals surface area contributed by atoms with Gasteiger partial charge in [0.2, 0.25) is 0 Å². The van der Waals surface area contributed by atoms with Gasteiger partial charge in [0.1, 0.15) is 6.40 Å². The molecule has 0 aromatic heterocycles. The molecule has 2 heteroatoms. The molecule has 0 aliphatic rings. The molecule has 0 spiro atoms. The van der Waals surface area contributed by atoms with Gasteiger partial charge in [-0.05, 0) is 0 Å². The second-order valence-corrected chi connectivity index (χ2v) is 0.403. The second-order valence-electron chi connectivity index (χ2n) is 0.403. The number of nitriles is 2. The molecule has 2 nitrogen and oxygen atoms in total. The van der Waals surface area contributed by atoms with Crippen LogP contribution in [0.3, 0.4) is 0 Å². The fourth-order valence-electron chi connectivity index (χ4n) is 0.0289. The lowest BCUT2D eigenvalue weighted by atomic mass is 10.5. The summed E-state index contributed by atoms with van der Waals surface area (Å²) in [6.45, 7) is 0. The Balaban J connectivity index is 3.40. The summed E-state index contributed by atoms with van der Waals surface area (Å²) < 4.78 is 6.35. The molecule has 0 rings (SSSR count). The molecule has 0 aliphatic heterocycles. The Kier molecular flexibility index (Phi) is 1.33. The summed E-state index contributed by atoms with van der Waals surface area (Å²) in [4.78, 5) is 0. The Labute approximate surface area is 31.7 Å². The van der Waals surface area contributed by atoms with Crippen molar-refractivity contribution in [3.8, 4) is 12.1 Å². The van der Waals surface area contributed by atoms with Crippen LogP contribution in [0.1, 0.15) is 7.77 Å². The van der Waals surface area contributed by atoms with Crippen LogP contribution in [0, 0.1) is 22.7 Å². The smallest absolute Gasteiger partial charge is 0.122 e. The van der Waals surface area contributed by atoms with Gasteiger partial charge in [-0.25, -0.2) is 0 Å². The number of rotatable bonds is 0. The van der Waals surface area contributed by atoms with E-state index in [9.17, 15) is 0 Å². The number of hydrogen-bond donors (Lipinski definition) is 0. The highest BCUT2D eigenvalue weighted by Gasteiger charge is 1.61. The second kappa shape index (κ2) is 2.98. The van der Waals surface area contributed by atoms with Gasteiger partial charge in [0.05, 0.1) is 13.5 Å². The monoisotopic (exact) mass is 67.0 g/mol. The summed E-state index contributed by atoms with van der Waals surface area (Å²) in [5.74, 6) is 0. The van der Waals surface area contributed by atoms with E-state index in [4.69, 9.17) is 11.9 Å². The summed E-state index contributed by atoms with van der Waals surface area (Å²) in [6, 6.07) is 2.84. The van der Waals surface area contributed by atoms with Crippen LogP contribution in [-0.4, -0.2) is 0 Å². The summed E-state index contributed by atoms with van der Waals surface area (Å²) in [5, 5.41) is 15.3. The number of nitrogens with zero attached hydrogens (tertiary/aromatic N) is 2. The molecule has 0 heterocycles. The third-order valence-electron chi connectivity index (χ3n) is 0.129. The van der Waals surface area contributed by atoms with Gasteiger partial charge in [-0.15, -0.1) is 0 Å². The van der Waals surface area contributed by atoms with Crippen molar-refractivity contribution in [3.63, 3.8) is 0 Å². The van der Waals surface area contributed by atoms with Crippen LogP contribution in [0.5, 0.6) is 0 Å². The molecule has 0 saturated carbocycles. The first-order valence-corrected chi connectivity index (χ1v) is 1.02. The Hall–Kier alpha value is -1.02. The third kappa shape index (κ3) is 2.98. The molecule has 0 atom stereocenters. The first-order chi connectivity index (χ1) is 2.81. The molecular formula is C3H2N2. The van der Waals surface area contributed by atoms with Crippen molar-refractivity contribution >= 4 is 0 Å². The van der Waals surface area contributed by atoms with Crippen molar-refractivity contribution in [2.45, 2.75) is 6.40 Å². The highest BCUT2D eigenvalue weighted by molar-refractivity contribution is 4.85. The number of hydrogen-bond acceptors (Lipinski definition) is 2. The first-order valence-electron chi connectivity index (χ1n) is 1.60. The Bertz CT molecular complexity index is 92.9. The van der Waals surface area contributed by atoms with E-state index in [1.165, 1.54) is 12.1 Å². The van der Waals surface area contributed by atoms with Gasteiger partial charge >= 0.3 is 0 Å². The van der Waals surface area contributed by atoms with Crippen LogP contribution in [0.15, 0.2) is 0 Å². The van der Waals surface area contributed by atoms with Gasteiger partial charge in [-0.1, -0.05) is 0 Å². The van der Waals surface area contributed by atoms with E-state index in [1.54, 1.807) is 0 Å². The van der Waals surface area contributed by atoms with E-state index < -0.39 is 6.40 Å². The van der Waals surface area contributed by atoms with E-state index in [0.29, 0.717) is 0 Å². The lowest BCUT2D eigenvalue weighted by Gasteiger charge is -1.45. The Morgan fingerprint density at radius 2 is 2.00 bits per heavy atom. The molecule has 0 aliphatic carbocycles. The molecule has 0 aromatic rings. The SMILES string of the molecule is [2H]C(C#N)C#N. The Morgan fingerprint density at radius 1 is 1.60 bits per heavy atom. The summed E-state index contributed by atoms with van der Waals surface area (Å²) >= 11 is 0. The molecule has 24 valence electrons. The van der Waals surface area contributed by atoms with Crippen LogP contribution in [0.25, 0.3) is 0 Å². The third-order valence-corrected chi connectivity index (χ3v) is 0.129. The molecule has 0 radical (unpaired) electrons. The van der Waals surface area contributed by atoms with Crippen molar-refractivity contribution in [2.24, 2.45) is 0 Å². The Morgan fingerprint density at radius 3 is 2.00 bits per heavy atom. The molecule has 0 amide bonds.